The van der Waals surface area contributed by atoms with Gasteiger partial charge < -0.3 is 19.4 Å². The van der Waals surface area contributed by atoms with Crippen LogP contribution in [0, 0.1) is 0 Å². The minimum atomic E-state index is -0.118. The average Bonchev–Trinajstić information content (AvgIpc) is 3.28. The van der Waals surface area contributed by atoms with Crippen LogP contribution in [0.1, 0.15) is 35.8 Å². The number of nitrogens with one attached hydrogen (secondary N) is 1. The monoisotopic (exact) mass is 417 g/mol. The zero-order chi connectivity index (χ0) is 21.2. The molecule has 160 valence electrons. The van der Waals surface area contributed by atoms with Crippen molar-refractivity contribution < 1.29 is 14.3 Å². The van der Waals surface area contributed by atoms with Crippen molar-refractivity contribution >= 4 is 5.91 Å². The largest absolute Gasteiger partial charge is 0.486 e. The lowest BCUT2D eigenvalue weighted by atomic mass is 10.00. The van der Waals surface area contributed by atoms with Crippen LogP contribution < -0.4 is 14.8 Å². The maximum Gasteiger partial charge on any atom is 0.234 e. The number of aromatic nitrogens is 1. The highest BCUT2D eigenvalue weighted by Crippen LogP contribution is 2.33. The predicted octanol–water partition coefficient (Wildman–Crippen LogP) is 3.54. The molecule has 0 fully saturated rings. The highest BCUT2D eigenvalue weighted by Gasteiger charge is 2.30. The van der Waals surface area contributed by atoms with Gasteiger partial charge >= 0.3 is 0 Å². The maximum absolute atomic E-state index is 13.0. The van der Waals surface area contributed by atoms with Crippen LogP contribution in [0.4, 0.5) is 0 Å². The molecule has 3 aromatic rings. The summed E-state index contributed by atoms with van der Waals surface area (Å²) < 4.78 is 13.6. The highest BCUT2D eigenvalue weighted by atomic mass is 16.6. The molecule has 2 atom stereocenters. The summed E-state index contributed by atoms with van der Waals surface area (Å²) in [6, 6.07) is 20.4. The van der Waals surface area contributed by atoms with Crippen LogP contribution in [-0.2, 0) is 11.3 Å². The molecule has 0 saturated heterocycles. The first-order valence-electron chi connectivity index (χ1n) is 10.8. The molecule has 5 rings (SSSR count). The zero-order valence-corrected chi connectivity index (χ0v) is 17.7. The first-order chi connectivity index (χ1) is 15.2. The summed E-state index contributed by atoms with van der Waals surface area (Å²) >= 11 is 0. The molecule has 6 heteroatoms. The second-order valence-corrected chi connectivity index (χ2v) is 8.10. The SMILES string of the molecule is C[C@H](NC(=O)CN1CCn2cccc2[C@@H]1c1ccccc1)c1ccc2c(c1)OCCO2. The molecule has 2 aliphatic heterocycles. The number of benzene rings is 2. The maximum atomic E-state index is 13.0. The van der Waals surface area contributed by atoms with E-state index < -0.39 is 0 Å². The lowest BCUT2D eigenvalue weighted by molar-refractivity contribution is -0.123. The topological polar surface area (TPSA) is 55.7 Å². The van der Waals surface area contributed by atoms with E-state index in [0.717, 1.165) is 30.2 Å². The predicted molar refractivity (Wildman–Crippen MR) is 118 cm³/mol. The summed E-state index contributed by atoms with van der Waals surface area (Å²) in [7, 11) is 0. The molecule has 3 heterocycles. The molecule has 1 N–H and O–H groups in total. The number of hydrogen-bond donors (Lipinski definition) is 1. The molecule has 0 bridgehead atoms. The van der Waals surface area contributed by atoms with Crippen molar-refractivity contribution in [3.05, 3.63) is 83.7 Å². The fourth-order valence-electron chi connectivity index (χ4n) is 4.50. The molecule has 0 spiro atoms. The Bertz CT molecular complexity index is 1060. The van der Waals surface area contributed by atoms with Crippen LogP contribution in [-0.4, -0.2) is 41.7 Å². The number of carbonyl (C=O) groups excluding carboxylic acids is 1. The standard InChI is InChI=1S/C25H27N3O3/c1-18(20-9-10-22-23(16-20)31-15-14-30-22)26-24(29)17-28-13-12-27-11-5-8-21(27)25(28)19-6-3-2-4-7-19/h2-11,16,18,25H,12-15,17H2,1H3,(H,26,29)/t18-,25-/m0/s1. The van der Waals surface area contributed by atoms with E-state index in [0.29, 0.717) is 19.8 Å². The summed E-state index contributed by atoms with van der Waals surface area (Å²) in [5.41, 5.74) is 3.43. The third kappa shape index (κ3) is 4.03. The van der Waals surface area contributed by atoms with Gasteiger partial charge in [-0.25, -0.2) is 0 Å². The van der Waals surface area contributed by atoms with E-state index in [-0.39, 0.29) is 18.0 Å². The molecule has 0 aliphatic carbocycles. The van der Waals surface area contributed by atoms with Gasteiger partial charge in [0, 0.05) is 25.0 Å². The molecule has 0 radical (unpaired) electrons. The number of rotatable bonds is 5. The van der Waals surface area contributed by atoms with Gasteiger partial charge in [-0.05, 0) is 42.3 Å². The molecule has 31 heavy (non-hydrogen) atoms. The Balaban J connectivity index is 1.30. The Hall–Kier alpha value is -3.25. The van der Waals surface area contributed by atoms with Gasteiger partial charge in [-0.1, -0.05) is 36.4 Å². The van der Waals surface area contributed by atoms with Gasteiger partial charge in [-0.2, -0.15) is 0 Å². The summed E-state index contributed by atoms with van der Waals surface area (Å²) in [5.74, 6) is 1.52. The highest BCUT2D eigenvalue weighted by molar-refractivity contribution is 5.78. The Kier molecular flexibility index (Phi) is 5.38. The molecule has 1 amide bonds. The van der Waals surface area contributed by atoms with Crippen LogP contribution in [0.15, 0.2) is 66.9 Å². The van der Waals surface area contributed by atoms with Gasteiger partial charge in [0.25, 0.3) is 0 Å². The lowest BCUT2D eigenvalue weighted by Crippen LogP contribution is -2.44. The first-order valence-corrected chi connectivity index (χ1v) is 10.8. The van der Waals surface area contributed by atoms with Crippen LogP contribution in [0.2, 0.25) is 0 Å². The molecular weight excluding hydrogens is 390 g/mol. The zero-order valence-electron chi connectivity index (χ0n) is 17.7. The molecule has 2 aromatic carbocycles. The Morgan fingerprint density at radius 3 is 2.68 bits per heavy atom. The Labute approximate surface area is 182 Å². The molecule has 2 aliphatic rings. The van der Waals surface area contributed by atoms with E-state index in [9.17, 15) is 4.79 Å². The fourth-order valence-corrected chi connectivity index (χ4v) is 4.50. The average molecular weight is 418 g/mol. The van der Waals surface area contributed by atoms with Gasteiger partial charge in [0.05, 0.1) is 18.6 Å². The van der Waals surface area contributed by atoms with Crippen LogP contribution in [0.25, 0.3) is 0 Å². The van der Waals surface area contributed by atoms with Gasteiger partial charge in [0.15, 0.2) is 11.5 Å². The molecule has 1 aromatic heterocycles. The van der Waals surface area contributed by atoms with Gasteiger partial charge in [-0.3, -0.25) is 9.69 Å². The van der Waals surface area contributed by atoms with E-state index in [4.69, 9.17) is 9.47 Å². The second kappa shape index (κ2) is 8.47. The Morgan fingerprint density at radius 2 is 1.84 bits per heavy atom. The van der Waals surface area contributed by atoms with Gasteiger partial charge in [-0.15, -0.1) is 0 Å². The van der Waals surface area contributed by atoms with Crippen molar-refractivity contribution in [2.24, 2.45) is 0 Å². The number of nitrogens with zero attached hydrogens (tertiary/aromatic N) is 2. The van der Waals surface area contributed by atoms with E-state index in [2.05, 4.69) is 57.4 Å². The first kappa shape index (κ1) is 19.7. The van der Waals surface area contributed by atoms with Crippen molar-refractivity contribution in [1.82, 2.24) is 14.8 Å². The van der Waals surface area contributed by atoms with Crippen molar-refractivity contribution in [1.29, 1.82) is 0 Å². The van der Waals surface area contributed by atoms with Crippen molar-refractivity contribution in [2.45, 2.75) is 25.6 Å². The third-order valence-electron chi connectivity index (χ3n) is 6.04. The molecule has 0 saturated carbocycles. The van der Waals surface area contributed by atoms with Gasteiger partial charge in [0.1, 0.15) is 13.2 Å². The fraction of sp³-hybridized carbons (Fsp3) is 0.320. The van der Waals surface area contributed by atoms with E-state index in [1.54, 1.807) is 0 Å². The minimum Gasteiger partial charge on any atom is -0.486 e. The van der Waals surface area contributed by atoms with E-state index in [1.165, 1.54) is 11.3 Å². The Morgan fingerprint density at radius 1 is 1.03 bits per heavy atom. The lowest BCUT2D eigenvalue weighted by Gasteiger charge is -2.37. The van der Waals surface area contributed by atoms with Crippen molar-refractivity contribution in [3.63, 3.8) is 0 Å². The summed E-state index contributed by atoms with van der Waals surface area (Å²) in [6.45, 7) is 5.18. The van der Waals surface area contributed by atoms with E-state index in [1.807, 2.05) is 31.2 Å². The number of carbonyl (C=O) groups is 1. The third-order valence-corrected chi connectivity index (χ3v) is 6.04. The second-order valence-electron chi connectivity index (χ2n) is 8.10. The van der Waals surface area contributed by atoms with Crippen LogP contribution in [0.5, 0.6) is 11.5 Å². The number of ether oxygens (including phenoxy) is 2. The van der Waals surface area contributed by atoms with Crippen LogP contribution in [0.3, 0.4) is 0 Å². The van der Waals surface area contributed by atoms with Crippen molar-refractivity contribution in [3.8, 4) is 11.5 Å². The van der Waals surface area contributed by atoms with Crippen LogP contribution >= 0.6 is 0 Å². The molecule has 6 nitrogen and oxygen atoms in total. The summed E-state index contributed by atoms with van der Waals surface area (Å²) in [5, 5.41) is 3.16. The summed E-state index contributed by atoms with van der Waals surface area (Å²) in [6.07, 6.45) is 2.12. The smallest absolute Gasteiger partial charge is 0.234 e. The molecular formula is C25H27N3O3. The normalized spacial score (nSPS) is 18.8. The quantitative estimate of drug-likeness (QED) is 0.690. The molecule has 0 unspecified atom stereocenters. The number of fused-ring (bicyclic) bond motifs is 2. The number of hydrogen-bond acceptors (Lipinski definition) is 4. The van der Waals surface area contributed by atoms with E-state index >= 15 is 0 Å². The van der Waals surface area contributed by atoms with Crippen molar-refractivity contribution in [2.75, 3.05) is 26.3 Å². The summed E-state index contributed by atoms with van der Waals surface area (Å²) in [4.78, 5) is 15.3. The minimum absolute atomic E-state index is 0.0170. The number of amides is 1. The van der Waals surface area contributed by atoms with Gasteiger partial charge in [0.2, 0.25) is 5.91 Å².